The van der Waals surface area contributed by atoms with Crippen LogP contribution in [-0.4, -0.2) is 28.1 Å². The zero-order valence-electron chi connectivity index (χ0n) is 15.0. The van der Waals surface area contributed by atoms with Crippen molar-refractivity contribution >= 4 is 11.6 Å². The molecule has 0 amide bonds. The van der Waals surface area contributed by atoms with Gasteiger partial charge in [0.05, 0.1) is 31.6 Å². The van der Waals surface area contributed by atoms with Crippen LogP contribution in [0.2, 0.25) is 5.02 Å². The highest BCUT2D eigenvalue weighted by atomic mass is 35.5. The number of aliphatic hydroxyl groups excluding tert-OH is 1. The first-order valence-electron chi connectivity index (χ1n) is 8.36. The first-order chi connectivity index (χ1) is 11.8. The number of nitrogens with zero attached hydrogens (tertiary/aromatic N) is 2. The molecule has 25 heavy (non-hydrogen) atoms. The molecule has 0 spiro atoms. The van der Waals surface area contributed by atoms with Crippen LogP contribution in [0.4, 0.5) is 0 Å². The molecule has 0 saturated carbocycles. The van der Waals surface area contributed by atoms with Crippen LogP contribution >= 0.6 is 11.6 Å². The Morgan fingerprint density at radius 3 is 2.40 bits per heavy atom. The predicted octanol–water partition coefficient (Wildman–Crippen LogP) is 2.95. The molecule has 0 fully saturated rings. The molecular weight excluding hydrogens is 340 g/mol. The van der Waals surface area contributed by atoms with Gasteiger partial charge in [-0.3, -0.25) is 4.79 Å². The molecule has 2 aromatic rings. The van der Waals surface area contributed by atoms with Crippen LogP contribution in [0.15, 0.2) is 35.3 Å². The molecule has 0 saturated heterocycles. The number of hydrogen-bond donors (Lipinski definition) is 1. The van der Waals surface area contributed by atoms with Gasteiger partial charge in [0.25, 0.3) is 5.56 Å². The van der Waals surface area contributed by atoms with Crippen molar-refractivity contribution in [1.29, 1.82) is 0 Å². The average molecular weight is 365 g/mol. The fourth-order valence-corrected chi connectivity index (χ4v) is 2.68. The van der Waals surface area contributed by atoms with Gasteiger partial charge in [-0.2, -0.15) is 5.10 Å². The van der Waals surface area contributed by atoms with Crippen molar-refractivity contribution in [2.75, 3.05) is 13.2 Å². The third-order valence-electron chi connectivity index (χ3n) is 3.84. The topological polar surface area (TPSA) is 64.3 Å². The lowest BCUT2D eigenvalue weighted by Gasteiger charge is -2.21. The Hall–Kier alpha value is -1.69. The molecule has 0 bridgehead atoms. The van der Waals surface area contributed by atoms with Gasteiger partial charge in [-0.15, -0.1) is 0 Å². The van der Waals surface area contributed by atoms with Gasteiger partial charge in [-0.1, -0.05) is 35.9 Å². The SMILES string of the molecule is CC(C)(C)n1ncc(CCc2ccc(COCCO)cc2)c(Cl)c1=O. The maximum atomic E-state index is 12.4. The molecule has 1 aromatic carbocycles. The maximum absolute atomic E-state index is 12.4. The summed E-state index contributed by atoms with van der Waals surface area (Å²) in [6, 6.07) is 8.08. The van der Waals surface area contributed by atoms with E-state index >= 15 is 0 Å². The smallest absolute Gasteiger partial charge is 0.286 e. The standard InChI is InChI=1S/C19H25ClN2O3/c1-19(2,3)22-18(24)17(20)16(12-21-22)9-8-14-4-6-15(7-5-14)13-25-11-10-23/h4-7,12,23H,8-11,13H2,1-3H3. The number of halogens is 1. The quantitative estimate of drug-likeness (QED) is 0.767. The summed E-state index contributed by atoms with van der Waals surface area (Å²) in [4.78, 5) is 12.4. The van der Waals surface area contributed by atoms with Crippen molar-refractivity contribution in [3.63, 3.8) is 0 Å². The zero-order chi connectivity index (χ0) is 18.4. The van der Waals surface area contributed by atoms with Gasteiger partial charge in [-0.25, -0.2) is 4.68 Å². The highest BCUT2D eigenvalue weighted by Gasteiger charge is 2.19. The van der Waals surface area contributed by atoms with E-state index in [1.54, 1.807) is 6.20 Å². The molecule has 6 heteroatoms. The van der Waals surface area contributed by atoms with Gasteiger partial charge < -0.3 is 9.84 Å². The molecule has 0 unspecified atom stereocenters. The highest BCUT2D eigenvalue weighted by Crippen LogP contribution is 2.16. The van der Waals surface area contributed by atoms with Crippen molar-refractivity contribution in [3.05, 3.63) is 62.5 Å². The lowest BCUT2D eigenvalue weighted by Crippen LogP contribution is -2.36. The molecule has 0 atom stereocenters. The van der Waals surface area contributed by atoms with Gasteiger partial charge in [0.2, 0.25) is 0 Å². The number of ether oxygens (including phenoxy) is 1. The van der Waals surface area contributed by atoms with E-state index in [2.05, 4.69) is 5.10 Å². The number of rotatable bonds is 7. The summed E-state index contributed by atoms with van der Waals surface area (Å²) < 4.78 is 6.71. The van der Waals surface area contributed by atoms with Crippen LogP contribution in [0.1, 0.15) is 37.5 Å². The number of aliphatic hydroxyl groups is 1. The average Bonchev–Trinajstić information content (AvgIpc) is 2.56. The number of hydrogen-bond acceptors (Lipinski definition) is 4. The lowest BCUT2D eigenvalue weighted by atomic mass is 10.0. The molecule has 1 aromatic heterocycles. The molecule has 5 nitrogen and oxygen atoms in total. The molecule has 1 N–H and O–H groups in total. The minimum absolute atomic E-state index is 0.0286. The highest BCUT2D eigenvalue weighted by molar-refractivity contribution is 6.31. The normalized spacial score (nSPS) is 11.7. The van der Waals surface area contributed by atoms with Crippen LogP contribution in [0.5, 0.6) is 0 Å². The third-order valence-corrected chi connectivity index (χ3v) is 4.24. The Bertz CT molecular complexity index is 749. The molecule has 0 radical (unpaired) electrons. The number of aryl methyl sites for hydroxylation is 2. The van der Waals surface area contributed by atoms with Gasteiger partial charge in [-0.05, 0) is 50.3 Å². The molecule has 136 valence electrons. The monoisotopic (exact) mass is 364 g/mol. The third kappa shape index (κ3) is 5.39. The first kappa shape index (κ1) is 19.6. The van der Waals surface area contributed by atoms with Gasteiger partial charge in [0, 0.05) is 0 Å². The Kier molecular flexibility index (Phi) is 6.76. The molecule has 0 aliphatic rings. The lowest BCUT2D eigenvalue weighted by molar-refractivity contribution is 0.0815. The van der Waals surface area contributed by atoms with Gasteiger partial charge in [0.1, 0.15) is 5.02 Å². The van der Waals surface area contributed by atoms with Crippen LogP contribution in [0.3, 0.4) is 0 Å². The fraction of sp³-hybridized carbons (Fsp3) is 0.474. The van der Waals surface area contributed by atoms with Crippen LogP contribution in [0.25, 0.3) is 0 Å². The summed E-state index contributed by atoms with van der Waals surface area (Å²) in [6.45, 7) is 6.62. The van der Waals surface area contributed by atoms with E-state index in [9.17, 15) is 4.79 Å². The predicted molar refractivity (Wildman–Crippen MR) is 99.1 cm³/mol. The van der Waals surface area contributed by atoms with Crippen molar-refractivity contribution in [3.8, 4) is 0 Å². The number of benzene rings is 1. The second-order valence-electron chi connectivity index (χ2n) is 6.96. The Morgan fingerprint density at radius 1 is 1.16 bits per heavy atom. The van der Waals surface area contributed by atoms with Gasteiger partial charge >= 0.3 is 0 Å². The first-order valence-corrected chi connectivity index (χ1v) is 8.74. The minimum Gasteiger partial charge on any atom is -0.394 e. The summed E-state index contributed by atoms with van der Waals surface area (Å²) >= 11 is 6.26. The van der Waals surface area contributed by atoms with Crippen molar-refractivity contribution in [2.45, 2.75) is 45.8 Å². The minimum atomic E-state index is -0.396. The van der Waals surface area contributed by atoms with Crippen LogP contribution in [-0.2, 0) is 29.7 Å². The molecular formula is C19H25ClN2O3. The van der Waals surface area contributed by atoms with Crippen molar-refractivity contribution in [2.24, 2.45) is 0 Å². The summed E-state index contributed by atoms with van der Waals surface area (Å²) in [6.07, 6.45) is 3.12. The largest absolute Gasteiger partial charge is 0.394 e. The number of aromatic nitrogens is 2. The maximum Gasteiger partial charge on any atom is 0.286 e. The molecule has 0 aliphatic heterocycles. The summed E-state index contributed by atoms with van der Waals surface area (Å²) in [5.74, 6) is 0. The van der Waals surface area contributed by atoms with E-state index in [-0.39, 0.29) is 17.2 Å². The molecule has 0 aliphatic carbocycles. The second kappa shape index (κ2) is 8.61. The summed E-state index contributed by atoms with van der Waals surface area (Å²) in [5.41, 5.74) is 2.34. The Morgan fingerprint density at radius 2 is 1.80 bits per heavy atom. The summed E-state index contributed by atoms with van der Waals surface area (Å²) in [7, 11) is 0. The van der Waals surface area contributed by atoms with E-state index in [0.717, 1.165) is 23.1 Å². The zero-order valence-corrected chi connectivity index (χ0v) is 15.7. The van der Waals surface area contributed by atoms with E-state index in [1.165, 1.54) is 4.68 Å². The van der Waals surface area contributed by atoms with Crippen molar-refractivity contribution in [1.82, 2.24) is 9.78 Å². The van der Waals surface area contributed by atoms with Crippen molar-refractivity contribution < 1.29 is 9.84 Å². The second-order valence-corrected chi connectivity index (χ2v) is 7.34. The Balaban J connectivity index is 2.02. The fourth-order valence-electron chi connectivity index (χ4n) is 2.45. The molecule has 2 rings (SSSR count). The van der Waals surface area contributed by atoms with E-state index in [4.69, 9.17) is 21.4 Å². The molecule has 1 heterocycles. The summed E-state index contributed by atoms with van der Waals surface area (Å²) in [5, 5.41) is 13.2. The Labute approximate surface area is 153 Å². The van der Waals surface area contributed by atoms with Crippen LogP contribution < -0.4 is 5.56 Å². The van der Waals surface area contributed by atoms with E-state index < -0.39 is 5.54 Å². The van der Waals surface area contributed by atoms with E-state index in [0.29, 0.717) is 19.6 Å². The van der Waals surface area contributed by atoms with Gasteiger partial charge in [0.15, 0.2) is 0 Å². The van der Waals surface area contributed by atoms with Crippen LogP contribution in [0, 0.1) is 0 Å². The van der Waals surface area contributed by atoms with E-state index in [1.807, 2.05) is 45.0 Å².